The molecule has 0 heterocycles. The Balaban J connectivity index is 0.00000324. The molecule has 1 aromatic rings. The standard InChI is InChI=1S/C14H22N2OS.ClH/c1-12-4-6-13(7-5-12)10-18-11-14(17)16(3)9-8-15-2;/h4-7,15H,8-11H2,1-3H3;1H. The summed E-state index contributed by atoms with van der Waals surface area (Å²) in [5, 5.41) is 3.04. The Morgan fingerprint density at radius 1 is 1.32 bits per heavy atom. The van der Waals surface area contributed by atoms with Crippen LogP contribution in [0.15, 0.2) is 24.3 Å². The van der Waals surface area contributed by atoms with E-state index in [1.165, 1.54) is 11.1 Å². The first kappa shape index (κ1) is 18.3. The van der Waals surface area contributed by atoms with E-state index in [0.29, 0.717) is 5.75 Å². The highest BCUT2D eigenvalue weighted by molar-refractivity contribution is 7.99. The Morgan fingerprint density at radius 3 is 2.53 bits per heavy atom. The molecular weight excluding hydrogens is 280 g/mol. The number of hydrogen-bond acceptors (Lipinski definition) is 3. The van der Waals surface area contributed by atoms with E-state index in [1.54, 1.807) is 16.7 Å². The first-order valence-electron chi connectivity index (χ1n) is 6.15. The molecule has 19 heavy (non-hydrogen) atoms. The molecule has 0 atom stereocenters. The molecule has 108 valence electrons. The van der Waals surface area contributed by atoms with E-state index in [0.717, 1.165) is 18.8 Å². The molecule has 0 fully saturated rings. The lowest BCUT2D eigenvalue weighted by Crippen LogP contribution is -2.33. The second-order valence-corrected chi connectivity index (χ2v) is 5.38. The number of hydrogen-bond donors (Lipinski definition) is 1. The van der Waals surface area contributed by atoms with Crippen LogP contribution in [-0.2, 0) is 10.5 Å². The van der Waals surface area contributed by atoms with Gasteiger partial charge in [-0.2, -0.15) is 0 Å². The molecular formula is C14H23ClN2OS. The van der Waals surface area contributed by atoms with Crippen LogP contribution in [0.4, 0.5) is 0 Å². The largest absolute Gasteiger partial charge is 0.344 e. The maximum atomic E-state index is 11.8. The fourth-order valence-corrected chi connectivity index (χ4v) is 2.38. The Kier molecular flexibility index (Phi) is 9.74. The highest BCUT2D eigenvalue weighted by Gasteiger charge is 2.07. The van der Waals surface area contributed by atoms with Crippen molar-refractivity contribution in [2.75, 3.05) is 32.9 Å². The van der Waals surface area contributed by atoms with Crippen molar-refractivity contribution in [1.82, 2.24) is 10.2 Å². The number of carbonyl (C=O) groups excluding carboxylic acids is 1. The Bertz CT molecular complexity index is 370. The number of thioether (sulfide) groups is 1. The Hall–Kier alpha value is -0.710. The van der Waals surface area contributed by atoms with Gasteiger partial charge in [0, 0.05) is 25.9 Å². The number of amides is 1. The summed E-state index contributed by atoms with van der Waals surface area (Å²) >= 11 is 1.67. The van der Waals surface area contributed by atoms with Gasteiger partial charge < -0.3 is 10.2 Å². The molecule has 0 aromatic heterocycles. The van der Waals surface area contributed by atoms with Gasteiger partial charge in [0.25, 0.3) is 0 Å². The number of nitrogens with one attached hydrogen (secondary N) is 1. The number of nitrogens with zero attached hydrogens (tertiary/aromatic N) is 1. The van der Waals surface area contributed by atoms with E-state index >= 15 is 0 Å². The van der Waals surface area contributed by atoms with Gasteiger partial charge in [-0.05, 0) is 19.5 Å². The van der Waals surface area contributed by atoms with E-state index in [1.807, 2.05) is 14.1 Å². The zero-order chi connectivity index (χ0) is 13.4. The maximum absolute atomic E-state index is 11.8. The molecule has 0 bridgehead atoms. The lowest BCUT2D eigenvalue weighted by atomic mass is 10.2. The molecule has 1 aromatic carbocycles. The second kappa shape index (κ2) is 10.1. The maximum Gasteiger partial charge on any atom is 0.232 e. The molecule has 3 nitrogen and oxygen atoms in total. The lowest BCUT2D eigenvalue weighted by molar-refractivity contribution is -0.127. The molecule has 0 aliphatic rings. The summed E-state index contributed by atoms with van der Waals surface area (Å²) in [7, 11) is 3.75. The number of benzene rings is 1. The van der Waals surface area contributed by atoms with Crippen molar-refractivity contribution in [2.24, 2.45) is 0 Å². The van der Waals surface area contributed by atoms with Crippen LogP contribution in [0.1, 0.15) is 11.1 Å². The summed E-state index contributed by atoms with van der Waals surface area (Å²) in [6, 6.07) is 8.46. The van der Waals surface area contributed by atoms with E-state index in [-0.39, 0.29) is 18.3 Å². The minimum atomic E-state index is 0. The molecule has 0 saturated carbocycles. The minimum Gasteiger partial charge on any atom is -0.344 e. The summed E-state index contributed by atoms with van der Waals surface area (Å²) in [6.45, 7) is 3.68. The van der Waals surface area contributed by atoms with Crippen LogP contribution in [0.5, 0.6) is 0 Å². The average Bonchev–Trinajstić information content (AvgIpc) is 2.38. The van der Waals surface area contributed by atoms with Gasteiger partial charge in [0.2, 0.25) is 5.91 Å². The second-order valence-electron chi connectivity index (χ2n) is 4.40. The zero-order valence-electron chi connectivity index (χ0n) is 11.8. The van der Waals surface area contributed by atoms with Gasteiger partial charge in [-0.25, -0.2) is 0 Å². The van der Waals surface area contributed by atoms with E-state index in [4.69, 9.17) is 0 Å². The van der Waals surface area contributed by atoms with Crippen LogP contribution in [0.2, 0.25) is 0 Å². The summed E-state index contributed by atoms with van der Waals surface area (Å²) in [4.78, 5) is 13.5. The molecule has 0 spiro atoms. The van der Waals surface area contributed by atoms with Crippen LogP contribution in [-0.4, -0.2) is 43.7 Å². The molecule has 0 aliphatic carbocycles. The fraction of sp³-hybridized carbons (Fsp3) is 0.500. The Labute approximate surface area is 126 Å². The molecule has 0 radical (unpaired) electrons. The molecule has 5 heteroatoms. The van der Waals surface area contributed by atoms with Gasteiger partial charge in [0.05, 0.1) is 5.75 Å². The van der Waals surface area contributed by atoms with Gasteiger partial charge in [-0.15, -0.1) is 24.2 Å². The van der Waals surface area contributed by atoms with Gasteiger partial charge >= 0.3 is 0 Å². The first-order chi connectivity index (χ1) is 8.63. The quantitative estimate of drug-likeness (QED) is 0.839. The van der Waals surface area contributed by atoms with Crippen LogP contribution >= 0.6 is 24.2 Å². The predicted molar refractivity (Wildman–Crippen MR) is 86.2 cm³/mol. The van der Waals surface area contributed by atoms with Crippen molar-refractivity contribution >= 4 is 30.1 Å². The normalized spacial score (nSPS) is 9.84. The van der Waals surface area contributed by atoms with E-state index < -0.39 is 0 Å². The van der Waals surface area contributed by atoms with Crippen molar-refractivity contribution in [1.29, 1.82) is 0 Å². The minimum absolute atomic E-state index is 0. The number of likely N-dealkylation sites (N-methyl/N-ethyl adjacent to an activating group) is 2. The Morgan fingerprint density at radius 2 is 1.95 bits per heavy atom. The highest BCUT2D eigenvalue weighted by Crippen LogP contribution is 2.13. The third-order valence-electron chi connectivity index (χ3n) is 2.74. The summed E-state index contributed by atoms with van der Waals surface area (Å²) in [6.07, 6.45) is 0. The topological polar surface area (TPSA) is 32.3 Å². The zero-order valence-corrected chi connectivity index (χ0v) is 13.4. The van der Waals surface area contributed by atoms with Crippen LogP contribution in [0.3, 0.4) is 0 Å². The smallest absolute Gasteiger partial charge is 0.232 e. The lowest BCUT2D eigenvalue weighted by Gasteiger charge is -2.16. The van der Waals surface area contributed by atoms with Crippen molar-refractivity contribution in [3.8, 4) is 0 Å². The van der Waals surface area contributed by atoms with Crippen molar-refractivity contribution in [3.05, 3.63) is 35.4 Å². The third-order valence-corrected chi connectivity index (χ3v) is 3.73. The van der Waals surface area contributed by atoms with Crippen molar-refractivity contribution in [2.45, 2.75) is 12.7 Å². The first-order valence-corrected chi connectivity index (χ1v) is 7.31. The molecule has 1 N–H and O–H groups in total. The van der Waals surface area contributed by atoms with Crippen LogP contribution in [0, 0.1) is 6.92 Å². The SMILES string of the molecule is CNCCN(C)C(=O)CSCc1ccc(C)cc1.Cl. The number of rotatable bonds is 7. The van der Waals surface area contributed by atoms with Gasteiger partial charge in [0.15, 0.2) is 0 Å². The van der Waals surface area contributed by atoms with Crippen molar-refractivity contribution < 1.29 is 4.79 Å². The van der Waals surface area contributed by atoms with E-state index in [2.05, 4.69) is 36.5 Å². The van der Waals surface area contributed by atoms with Gasteiger partial charge in [-0.3, -0.25) is 4.79 Å². The van der Waals surface area contributed by atoms with Gasteiger partial charge in [-0.1, -0.05) is 29.8 Å². The number of aryl methyl sites for hydroxylation is 1. The molecule has 1 amide bonds. The predicted octanol–water partition coefficient (Wildman–Crippen LogP) is 2.33. The molecule has 0 aliphatic heterocycles. The van der Waals surface area contributed by atoms with Crippen molar-refractivity contribution in [3.63, 3.8) is 0 Å². The fourth-order valence-electron chi connectivity index (χ4n) is 1.45. The van der Waals surface area contributed by atoms with Crippen LogP contribution < -0.4 is 5.32 Å². The third kappa shape index (κ3) is 7.45. The number of carbonyl (C=O) groups is 1. The van der Waals surface area contributed by atoms with Crippen LogP contribution in [0.25, 0.3) is 0 Å². The number of halogens is 1. The molecule has 0 saturated heterocycles. The average molecular weight is 303 g/mol. The molecule has 0 unspecified atom stereocenters. The van der Waals surface area contributed by atoms with E-state index in [9.17, 15) is 4.79 Å². The summed E-state index contributed by atoms with van der Waals surface area (Å²) in [5.74, 6) is 1.64. The molecule has 1 rings (SSSR count). The summed E-state index contributed by atoms with van der Waals surface area (Å²) < 4.78 is 0. The summed E-state index contributed by atoms with van der Waals surface area (Å²) in [5.41, 5.74) is 2.54. The highest BCUT2D eigenvalue weighted by atomic mass is 35.5. The monoisotopic (exact) mass is 302 g/mol. The van der Waals surface area contributed by atoms with Gasteiger partial charge in [0.1, 0.15) is 0 Å².